The molecule has 1 rings (SSSR count). The molecular formula is C20H31NO4. The highest BCUT2D eigenvalue weighted by molar-refractivity contribution is 5.78. The molecule has 0 spiro atoms. The third-order valence-electron chi connectivity index (χ3n) is 3.43. The maximum atomic E-state index is 12.0. The molecule has 25 heavy (non-hydrogen) atoms. The SMILES string of the molecule is CC(CNC(=O)OC(C)(C)C)CC(=O)CCCOCc1ccccc1. The first-order chi connectivity index (χ1) is 11.8. The van der Waals surface area contributed by atoms with Gasteiger partial charge in [-0.15, -0.1) is 0 Å². The average Bonchev–Trinajstić information content (AvgIpc) is 2.52. The Morgan fingerprint density at radius 3 is 2.48 bits per heavy atom. The fourth-order valence-electron chi connectivity index (χ4n) is 2.27. The molecule has 0 radical (unpaired) electrons. The second-order valence-corrected chi connectivity index (χ2v) is 7.37. The van der Waals surface area contributed by atoms with Crippen LogP contribution in [-0.2, 0) is 20.9 Å². The van der Waals surface area contributed by atoms with Crippen LogP contribution in [0.15, 0.2) is 30.3 Å². The summed E-state index contributed by atoms with van der Waals surface area (Å²) in [6, 6.07) is 9.97. The number of hydrogen-bond acceptors (Lipinski definition) is 4. The minimum Gasteiger partial charge on any atom is -0.444 e. The summed E-state index contributed by atoms with van der Waals surface area (Å²) in [5.74, 6) is 0.284. The van der Waals surface area contributed by atoms with Crippen LogP contribution < -0.4 is 5.32 Å². The van der Waals surface area contributed by atoms with Gasteiger partial charge in [-0.05, 0) is 38.7 Å². The van der Waals surface area contributed by atoms with E-state index in [1.165, 1.54) is 0 Å². The summed E-state index contributed by atoms with van der Waals surface area (Å²) in [6.45, 7) is 8.99. The van der Waals surface area contributed by atoms with E-state index in [4.69, 9.17) is 9.47 Å². The average molecular weight is 349 g/mol. The van der Waals surface area contributed by atoms with E-state index in [1.54, 1.807) is 0 Å². The van der Waals surface area contributed by atoms with Crippen molar-refractivity contribution >= 4 is 11.9 Å². The van der Waals surface area contributed by atoms with Crippen LogP contribution in [-0.4, -0.2) is 30.6 Å². The fraction of sp³-hybridized carbons (Fsp3) is 0.600. The molecule has 0 bridgehead atoms. The third kappa shape index (κ3) is 11.3. The Balaban J connectivity index is 2.08. The zero-order valence-corrected chi connectivity index (χ0v) is 15.8. The Morgan fingerprint density at radius 1 is 1.16 bits per heavy atom. The van der Waals surface area contributed by atoms with E-state index in [-0.39, 0.29) is 11.7 Å². The number of ether oxygens (including phenoxy) is 2. The van der Waals surface area contributed by atoms with E-state index >= 15 is 0 Å². The van der Waals surface area contributed by atoms with Crippen molar-refractivity contribution in [2.75, 3.05) is 13.2 Å². The summed E-state index contributed by atoms with van der Waals surface area (Å²) in [5.41, 5.74) is 0.624. The molecule has 0 aliphatic rings. The lowest BCUT2D eigenvalue weighted by molar-refractivity contribution is -0.120. The van der Waals surface area contributed by atoms with Crippen molar-refractivity contribution in [3.8, 4) is 0 Å². The van der Waals surface area contributed by atoms with Gasteiger partial charge in [0, 0.05) is 26.0 Å². The number of benzene rings is 1. The normalized spacial score (nSPS) is 12.5. The van der Waals surface area contributed by atoms with Gasteiger partial charge in [-0.1, -0.05) is 37.3 Å². The van der Waals surface area contributed by atoms with Crippen LogP contribution >= 0.6 is 0 Å². The molecule has 5 nitrogen and oxygen atoms in total. The van der Waals surface area contributed by atoms with E-state index in [2.05, 4.69) is 5.32 Å². The number of rotatable bonds is 10. The lowest BCUT2D eigenvalue weighted by Crippen LogP contribution is -2.35. The van der Waals surface area contributed by atoms with Crippen molar-refractivity contribution in [3.63, 3.8) is 0 Å². The Labute approximate surface area is 151 Å². The molecule has 0 saturated heterocycles. The van der Waals surface area contributed by atoms with Gasteiger partial charge in [0.25, 0.3) is 0 Å². The van der Waals surface area contributed by atoms with Gasteiger partial charge in [0.05, 0.1) is 6.61 Å². The van der Waals surface area contributed by atoms with Crippen molar-refractivity contribution in [1.82, 2.24) is 5.32 Å². The molecule has 0 heterocycles. The zero-order chi connectivity index (χ0) is 18.7. The van der Waals surface area contributed by atoms with E-state index in [0.717, 1.165) is 12.0 Å². The number of carbonyl (C=O) groups is 2. The lowest BCUT2D eigenvalue weighted by Gasteiger charge is -2.20. The number of nitrogens with one attached hydrogen (secondary N) is 1. The van der Waals surface area contributed by atoms with Crippen LogP contribution in [0.25, 0.3) is 0 Å². The van der Waals surface area contributed by atoms with Gasteiger partial charge in [0.2, 0.25) is 0 Å². The minimum absolute atomic E-state index is 0.0882. The van der Waals surface area contributed by atoms with Gasteiger partial charge in [0.15, 0.2) is 0 Å². The van der Waals surface area contributed by atoms with Gasteiger partial charge in [-0.2, -0.15) is 0 Å². The monoisotopic (exact) mass is 349 g/mol. The van der Waals surface area contributed by atoms with Crippen molar-refractivity contribution in [1.29, 1.82) is 0 Å². The first kappa shape index (κ1) is 21.2. The summed E-state index contributed by atoms with van der Waals surface area (Å²) in [6.07, 6.45) is 1.24. The van der Waals surface area contributed by atoms with Gasteiger partial charge in [-0.25, -0.2) is 4.79 Å². The standard InChI is InChI=1S/C20H31NO4/c1-16(14-21-19(23)25-20(2,3)4)13-18(22)11-8-12-24-15-17-9-6-5-7-10-17/h5-7,9-10,16H,8,11-15H2,1-4H3,(H,21,23). The predicted molar refractivity (Wildman–Crippen MR) is 98.4 cm³/mol. The lowest BCUT2D eigenvalue weighted by atomic mass is 10.0. The second kappa shape index (κ2) is 10.9. The van der Waals surface area contributed by atoms with Gasteiger partial charge < -0.3 is 14.8 Å². The molecule has 140 valence electrons. The number of ketones is 1. The van der Waals surface area contributed by atoms with Crippen LogP contribution in [0.5, 0.6) is 0 Å². The van der Waals surface area contributed by atoms with Crippen LogP contribution in [0.3, 0.4) is 0 Å². The predicted octanol–water partition coefficient (Wildman–Crippen LogP) is 4.10. The van der Waals surface area contributed by atoms with Crippen molar-refractivity contribution < 1.29 is 19.1 Å². The molecular weight excluding hydrogens is 318 g/mol. The molecule has 1 aromatic carbocycles. The number of amides is 1. The first-order valence-electron chi connectivity index (χ1n) is 8.86. The van der Waals surface area contributed by atoms with Crippen LogP contribution in [0, 0.1) is 5.92 Å². The van der Waals surface area contributed by atoms with Gasteiger partial charge in [0.1, 0.15) is 11.4 Å². The zero-order valence-electron chi connectivity index (χ0n) is 15.8. The van der Waals surface area contributed by atoms with Crippen molar-refractivity contribution in [3.05, 3.63) is 35.9 Å². The summed E-state index contributed by atoms with van der Waals surface area (Å²) in [7, 11) is 0. The summed E-state index contributed by atoms with van der Waals surface area (Å²) in [4.78, 5) is 23.5. The van der Waals surface area contributed by atoms with E-state index < -0.39 is 11.7 Å². The molecule has 1 atom stereocenters. The quantitative estimate of drug-likeness (QED) is 0.646. The Kier molecular flexibility index (Phi) is 9.21. The summed E-state index contributed by atoms with van der Waals surface area (Å²) >= 11 is 0. The molecule has 1 amide bonds. The highest BCUT2D eigenvalue weighted by atomic mass is 16.6. The molecule has 0 aliphatic heterocycles. The first-order valence-corrected chi connectivity index (χ1v) is 8.86. The van der Waals surface area contributed by atoms with Crippen molar-refractivity contribution in [2.24, 2.45) is 5.92 Å². The van der Waals surface area contributed by atoms with Gasteiger partial charge >= 0.3 is 6.09 Å². The minimum atomic E-state index is -0.511. The Hall–Kier alpha value is -1.88. The molecule has 0 aliphatic carbocycles. The molecule has 1 N–H and O–H groups in total. The van der Waals surface area contributed by atoms with Crippen LogP contribution in [0.2, 0.25) is 0 Å². The maximum Gasteiger partial charge on any atom is 0.407 e. The number of alkyl carbamates (subject to hydrolysis) is 1. The molecule has 5 heteroatoms. The number of Topliss-reactive ketones (excluding diaryl/α,β-unsaturated/α-hetero) is 1. The highest BCUT2D eigenvalue weighted by Gasteiger charge is 2.17. The van der Waals surface area contributed by atoms with Crippen molar-refractivity contribution in [2.45, 2.75) is 59.2 Å². The molecule has 0 fully saturated rings. The Bertz CT molecular complexity index is 522. The molecule has 0 saturated carbocycles. The van der Waals surface area contributed by atoms with E-state index in [0.29, 0.717) is 32.6 Å². The molecule has 1 unspecified atom stereocenters. The topological polar surface area (TPSA) is 64.6 Å². The second-order valence-electron chi connectivity index (χ2n) is 7.37. The Morgan fingerprint density at radius 2 is 1.84 bits per heavy atom. The fourth-order valence-corrected chi connectivity index (χ4v) is 2.27. The molecule has 0 aromatic heterocycles. The highest BCUT2D eigenvalue weighted by Crippen LogP contribution is 2.09. The number of hydrogen-bond donors (Lipinski definition) is 1. The van der Waals surface area contributed by atoms with Gasteiger partial charge in [-0.3, -0.25) is 4.79 Å². The summed E-state index contributed by atoms with van der Waals surface area (Å²) in [5, 5.41) is 2.70. The molecule has 1 aromatic rings. The largest absolute Gasteiger partial charge is 0.444 e. The maximum absolute atomic E-state index is 12.0. The van der Waals surface area contributed by atoms with Crippen LogP contribution in [0.4, 0.5) is 4.79 Å². The third-order valence-corrected chi connectivity index (χ3v) is 3.43. The van der Waals surface area contributed by atoms with E-state index in [9.17, 15) is 9.59 Å². The van der Waals surface area contributed by atoms with Crippen LogP contribution in [0.1, 0.15) is 52.5 Å². The van der Waals surface area contributed by atoms with E-state index in [1.807, 2.05) is 58.0 Å². The number of carbonyl (C=O) groups excluding carboxylic acids is 2. The summed E-state index contributed by atoms with van der Waals surface area (Å²) < 4.78 is 10.7. The smallest absolute Gasteiger partial charge is 0.407 e.